The van der Waals surface area contributed by atoms with Crippen molar-refractivity contribution in [3.05, 3.63) is 12.7 Å². The van der Waals surface area contributed by atoms with Crippen LogP contribution in [0.2, 0.25) is 0 Å². The minimum Gasteiger partial charge on any atom is -0.126 e. The van der Waals surface area contributed by atoms with Crippen LogP contribution in [-0.4, -0.2) is 5.88 Å². The SMILES string of the molecule is C=CCC(CCl)CCCCCC. The summed E-state index contributed by atoms with van der Waals surface area (Å²) in [5.74, 6) is 1.46. The summed E-state index contributed by atoms with van der Waals surface area (Å²) in [4.78, 5) is 0. The third kappa shape index (κ3) is 6.72. The smallest absolute Gasteiger partial charge is 0.0254 e. The van der Waals surface area contributed by atoms with Crippen molar-refractivity contribution in [2.24, 2.45) is 5.92 Å². The molecule has 1 atom stereocenters. The number of rotatable bonds is 8. The van der Waals surface area contributed by atoms with Crippen LogP contribution in [0.1, 0.15) is 45.4 Å². The van der Waals surface area contributed by atoms with Gasteiger partial charge in [0.05, 0.1) is 0 Å². The van der Waals surface area contributed by atoms with Crippen molar-refractivity contribution in [3.8, 4) is 0 Å². The van der Waals surface area contributed by atoms with Gasteiger partial charge in [0.1, 0.15) is 0 Å². The second kappa shape index (κ2) is 9.12. The minimum absolute atomic E-state index is 0.668. The molecule has 0 bridgehead atoms. The molecule has 0 fully saturated rings. The summed E-state index contributed by atoms with van der Waals surface area (Å²) in [6.45, 7) is 5.97. The minimum atomic E-state index is 0.668. The number of alkyl halides is 1. The third-order valence-corrected chi connectivity index (χ3v) is 2.62. The van der Waals surface area contributed by atoms with Gasteiger partial charge in [-0.15, -0.1) is 18.2 Å². The third-order valence-electron chi connectivity index (χ3n) is 2.18. The van der Waals surface area contributed by atoms with E-state index in [0.717, 1.165) is 12.3 Å². The molecule has 0 spiro atoms. The number of unbranched alkanes of at least 4 members (excludes halogenated alkanes) is 3. The van der Waals surface area contributed by atoms with Crippen molar-refractivity contribution in [1.29, 1.82) is 0 Å². The van der Waals surface area contributed by atoms with E-state index in [0.29, 0.717) is 5.92 Å². The van der Waals surface area contributed by atoms with Crippen molar-refractivity contribution >= 4 is 11.6 Å². The maximum absolute atomic E-state index is 5.81. The van der Waals surface area contributed by atoms with E-state index in [2.05, 4.69) is 13.5 Å². The normalized spacial score (nSPS) is 12.8. The van der Waals surface area contributed by atoms with Crippen LogP contribution in [0.3, 0.4) is 0 Å². The Balaban J connectivity index is 3.25. The second-order valence-corrected chi connectivity index (χ2v) is 3.70. The van der Waals surface area contributed by atoms with Crippen molar-refractivity contribution in [2.45, 2.75) is 45.4 Å². The molecule has 0 rings (SSSR count). The molecule has 0 aliphatic rings. The molecule has 0 amide bonds. The van der Waals surface area contributed by atoms with Gasteiger partial charge in [0.15, 0.2) is 0 Å². The summed E-state index contributed by atoms with van der Waals surface area (Å²) < 4.78 is 0. The second-order valence-electron chi connectivity index (χ2n) is 3.39. The Morgan fingerprint density at radius 1 is 1.33 bits per heavy atom. The Kier molecular flexibility index (Phi) is 9.14. The highest BCUT2D eigenvalue weighted by Crippen LogP contribution is 2.16. The van der Waals surface area contributed by atoms with Gasteiger partial charge in [-0.05, 0) is 18.8 Å². The largest absolute Gasteiger partial charge is 0.126 e. The van der Waals surface area contributed by atoms with Crippen molar-refractivity contribution in [3.63, 3.8) is 0 Å². The molecule has 0 aromatic rings. The Morgan fingerprint density at radius 3 is 2.58 bits per heavy atom. The van der Waals surface area contributed by atoms with Crippen LogP contribution in [0.4, 0.5) is 0 Å². The zero-order chi connectivity index (χ0) is 9.23. The van der Waals surface area contributed by atoms with Crippen LogP contribution < -0.4 is 0 Å². The van der Waals surface area contributed by atoms with E-state index in [9.17, 15) is 0 Å². The lowest BCUT2D eigenvalue weighted by atomic mass is 9.99. The zero-order valence-corrected chi connectivity index (χ0v) is 8.95. The van der Waals surface area contributed by atoms with Gasteiger partial charge in [0, 0.05) is 5.88 Å². The average Bonchev–Trinajstić information content (AvgIpc) is 2.10. The van der Waals surface area contributed by atoms with Gasteiger partial charge in [-0.3, -0.25) is 0 Å². The molecule has 0 aromatic heterocycles. The van der Waals surface area contributed by atoms with Crippen LogP contribution in [0.15, 0.2) is 12.7 Å². The first-order valence-corrected chi connectivity index (χ1v) is 5.55. The molecule has 1 unspecified atom stereocenters. The summed E-state index contributed by atoms with van der Waals surface area (Å²) in [7, 11) is 0. The number of allylic oxidation sites excluding steroid dienone is 1. The van der Waals surface area contributed by atoms with Crippen molar-refractivity contribution in [1.82, 2.24) is 0 Å². The van der Waals surface area contributed by atoms with E-state index in [4.69, 9.17) is 11.6 Å². The van der Waals surface area contributed by atoms with E-state index in [1.54, 1.807) is 0 Å². The molecule has 0 N–H and O–H groups in total. The van der Waals surface area contributed by atoms with Crippen LogP contribution in [0, 0.1) is 5.92 Å². The van der Waals surface area contributed by atoms with Crippen molar-refractivity contribution < 1.29 is 0 Å². The molecule has 0 nitrogen and oxygen atoms in total. The predicted octanol–water partition coefficient (Wildman–Crippen LogP) is 4.39. The van der Waals surface area contributed by atoms with E-state index in [1.807, 2.05) is 6.08 Å². The molecule has 0 aliphatic carbocycles. The number of hydrogen-bond acceptors (Lipinski definition) is 0. The first-order chi connectivity index (χ1) is 5.85. The average molecular weight is 189 g/mol. The molecule has 0 saturated heterocycles. The lowest BCUT2D eigenvalue weighted by Gasteiger charge is -2.10. The molecular weight excluding hydrogens is 168 g/mol. The van der Waals surface area contributed by atoms with Gasteiger partial charge in [-0.1, -0.05) is 38.7 Å². The van der Waals surface area contributed by atoms with E-state index in [-0.39, 0.29) is 0 Å². The highest BCUT2D eigenvalue weighted by atomic mass is 35.5. The standard InChI is InChI=1S/C11H21Cl/c1-3-5-6-7-9-11(10-12)8-4-2/h4,11H,2-3,5-10H2,1H3. The monoisotopic (exact) mass is 188 g/mol. The lowest BCUT2D eigenvalue weighted by Crippen LogP contribution is -2.00. The molecule has 0 heterocycles. The molecular formula is C11H21Cl. The van der Waals surface area contributed by atoms with E-state index in [1.165, 1.54) is 32.1 Å². The highest BCUT2D eigenvalue weighted by Gasteiger charge is 2.03. The Bertz CT molecular complexity index is 99.2. The quantitative estimate of drug-likeness (QED) is 0.301. The fourth-order valence-electron chi connectivity index (χ4n) is 1.35. The summed E-state index contributed by atoms with van der Waals surface area (Å²) in [5, 5.41) is 0. The topological polar surface area (TPSA) is 0 Å². The molecule has 1 heteroatoms. The predicted molar refractivity (Wildman–Crippen MR) is 57.8 cm³/mol. The molecule has 12 heavy (non-hydrogen) atoms. The van der Waals surface area contributed by atoms with Gasteiger partial charge in [0.25, 0.3) is 0 Å². The summed E-state index contributed by atoms with van der Waals surface area (Å²) >= 11 is 5.81. The maximum Gasteiger partial charge on any atom is 0.0254 e. The van der Waals surface area contributed by atoms with Gasteiger partial charge in [-0.25, -0.2) is 0 Å². The lowest BCUT2D eigenvalue weighted by molar-refractivity contribution is 0.499. The molecule has 0 aliphatic heterocycles. The van der Waals surface area contributed by atoms with Crippen molar-refractivity contribution in [2.75, 3.05) is 5.88 Å². The van der Waals surface area contributed by atoms with Crippen LogP contribution in [0.25, 0.3) is 0 Å². The number of hydrogen-bond donors (Lipinski definition) is 0. The van der Waals surface area contributed by atoms with E-state index < -0.39 is 0 Å². The van der Waals surface area contributed by atoms with Gasteiger partial charge in [0.2, 0.25) is 0 Å². The Hall–Kier alpha value is 0.0300. The van der Waals surface area contributed by atoms with Gasteiger partial charge in [-0.2, -0.15) is 0 Å². The number of halogens is 1. The van der Waals surface area contributed by atoms with Crippen LogP contribution in [0.5, 0.6) is 0 Å². The maximum atomic E-state index is 5.81. The first-order valence-electron chi connectivity index (χ1n) is 5.02. The highest BCUT2D eigenvalue weighted by molar-refractivity contribution is 6.18. The molecule has 0 radical (unpaired) electrons. The zero-order valence-electron chi connectivity index (χ0n) is 8.19. The Morgan fingerprint density at radius 2 is 2.08 bits per heavy atom. The van der Waals surface area contributed by atoms with Crippen LogP contribution >= 0.6 is 11.6 Å². The van der Waals surface area contributed by atoms with Crippen LogP contribution in [-0.2, 0) is 0 Å². The molecule has 72 valence electrons. The van der Waals surface area contributed by atoms with E-state index >= 15 is 0 Å². The summed E-state index contributed by atoms with van der Waals surface area (Å²) in [5.41, 5.74) is 0. The van der Waals surface area contributed by atoms with Gasteiger partial charge < -0.3 is 0 Å². The molecule has 0 aromatic carbocycles. The summed E-state index contributed by atoms with van der Waals surface area (Å²) in [6.07, 6.45) is 9.70. The first kappa shape index (κ1) is 12.0. The fourth-order valence-corrected chi connectivity index (χ4v) is 1.63. The summed E-state index contributed by atoms with van der Waals surface area (Å²) in [6, 6.07) is 0. The Labute approximate surface area is 82.0 Å². The fraction of sp³-hybridized carbons (Fsp3) is 0.818. The van der Waals surface area contributed by atoms with Gasteiger partial charge >= 0.3 is 0 Å². The molecule has 0 saturated carbocycles.